The number of carbonyl (C=O) groups excluding carboxylic acids is 3. The smallest absolute Gasteiger partial charge is 0.306 e. The molecule has 81 heavy (non-hydrogen) atoms. The van der Waals surface area contributed by atoms with Crippen LogP contribution in [-0.2, 0) is 28.6 Å². The topological polar surface area (TPSA) is 78.9 Å². The Bertz CT molecular complexity index is 1490. The minimum atomic E-state index is -0.770. The van der Waals surface area contributed by atoms with Gasteiger partial charge in [0.25, 0.3) is 0 Å². The van der Waals surface area contributed by atoms with Crippen molar-refractivity contribution in [1.82, 2.24) is 0 Å². The van der Waals surface area contributed by atoms with E-state index in [4.69, 9.17) is 14.2 Å². The summed E-state index contributed by atoms with van der Waals surface area (Å²) in [5.41, 5.74) is 0. The lowest BCUT2D eigenvalue weighted by molar-refractivity contribution is -0.167. The van der Waals surface area contributed by atoms with Crippen molar-refractivity contribution in [2.24, 2.45) is 0 Å². The Balaban J connectivity index is 3.94. The van der Waals surface area contributed by atoms with E-state index < -0.39 is 6.10 Å². The molecule has 1 atom stereocenters. The van der Waals surface area contributed by atoms with Gasteiger partial charge in [0.2, 0.25) is 0 Å². The van der Waals surface area contributed by atoms with E-state index >= 15 is 0 Å². The average Bonchev–Trinajstić information content (AvgIpc) is 3.47. The molecule has 0 aliphatic heterocycles. The maximum atomic E-state index is 12.9. The van der Waals surface area contributed by atoms with E-state index in [1.54, 1.807) is 0 Å². The predicted molar refractivity (Wildman–Crippen MR) is 353 cm³/mol. The summed E-state index contributed by atoms with van der Waals surface area (Å²) < 4.78 is 16.8. The molecule has 0 heterocycles. The fraction of sp³-hybridized carbons (Fsp3) is 0.800. The Morgan fingerprint density at radius 3 is 0.753 bits per heavy atom. The second kappa shape index (κ2) is 69.3. The largest absolute Gasteiger partial charge is 0.462 e. The molecule has 0 saturated carbocycles. The van der Waals surface area contributed by atoms with E-state index in [0.29, 0.717) is 19.3 Å². The van der Waals surface area contributed by atoms with E-state index in [0.717, 1.165) is 96.3 Å². The zero-order valence-corrected chi connectivity index (χ0v) is 54.1. The van der Waals surface area contributed by atoms with E-state index in [9.17, 15) is 14.4 Å². The van der Waals surface area contributed by atoms with Gasteiger partial charge in [-0.05, 0) is 89.9 Å². The lowest BCUT2D eigenvalue weighted by atomic mass is 10.0. The van der Waals surface area contributed by atoms with Crippen LogP contribution in [0.4, 0.5) is 0 Å². The third-order valence-corrected chi connectivity index (χ3v) is 15.7. The van der Waals surface area contributed by atoms with Gasteiger partial charge in [-0.1, -0.05) is 331 Å². The zero-order chi connectivity index (χ0) is 58.5. The molecular weight excluding hydrogens is 997 g/mol. The van der Waals surface area contributed by atoms with Gasteiger partial charge < -0.3 is 14.2 Å². The van der Waals surface area contributed by atoms with Crippen LogP contribution in [0.5, 0.6) is 0 Å². The monoisotopic (exact) mass is 1130 g/mol. The summed E-state index contributed by atoms with van der Waals surface area (Å²) in [6, 6.07) is 0. The van der Waals surface area contributed by atoms with Gasteiger partial charge >= 0.3 is 17.9 Å². The van der Waals surface area contributed by atoms with Crippen molar-refractivity contribution in [1.29, 1.82) is 0 Å². The summed E-state index contributed by atoms with van der Waals surface area (Å²) in [6.07, 6.45) is 91.4. The van der Waals surface area contributed by atoms with E-state index in [1.165, 1.54) is 231 Å². The van der Waals surface area contributed by atoms with Crippen LogP contribution >= 0.6 is 0 Å². The molecule has 0 aromatic rings. The van der Waals surface area contributed by atoms with Crippen molar-refractivity contribution in [3.05, 3.63) is 72.9 Å². The standard InChI is InChI=1S/C75H134O6/c1-4-7-10-13-15-17-19-21-23-25-27-29-31-33-35-37-39-41-43-45-47-49-51-53-55-57-59-62-65-68-74(77)80-71-72(70-79-73(76)67-64-61-12-9-6-3)81-75(78)69-66-63-60-58-56-54-52-50-48-46-44-42-40-38-36-34-32-30-28-26-24-22-20-18-16-14-11-8-5-2/h7,10,15,17,20-23,26-29,72H,4-6,8-9,11-14,16,18-19,24-25,30-71H2,1-3H3/b10-7-,17-15-,22-20-,23-21-,28-26-,29-27-. The average molecular weight is 1130 g/mol. The molecule has 0 bridgehead atoms. The van der Waals surface area contributed by atoms with Gasteiger partial charge in [-0.2, -0.15) is 0 Å². The fourth-order valence-electron chi connectivity index (χ4n) is 10.4. The zero-order valence-electron chi connectivity index (χ0n) is 54.1. The summed E-state index contributed by atoms with van der Waals surface area (Å²) in [7, 11) is 0. The Morgan fingerprint density at radius 2 is 0.481 bits per heavy atom. The second-order valence-electron chi connectivity index (χ2n) is 23.8. The molecular formula is C75H134O6. The second-order valence-corrected chi connectivity index (χ2v) is 23.8. The minimum Gasteiger partial charge on any atom is -0.462 e. The van der Waals surface area contributed by atoms with E-state index in [-0.39, 0.29) is 31.1 Å². The van der Waals surface area contributed by atoms with Crippen LogP contribution in [0, 0.1) is 0 Å². The Hall–Kier alpha value is -3.15. The highest BCUT2D eigenvalue weighted by Gasteiger charge is 2.19. The summed E-state index contributed by atoms with van der Waals surface area (Å²) in [6.45, 7) is 6.48. The van der Waals surface area contributed by atoms with Crippen LogP contribution in [0.3, 0.4) is 0 Å². The highest BCUT2D eigenvalue weighted by atomic mass is 16.6. The first-order valence-corrected chi connectivity index (χ1v) is 35.4. The Kier molecular flexibility index (Phi) is 66.6. The van der Waals surface area contributed by atoms with Crippen LogP contribution in [0.1, 0.15) is 367 Å². The number of esters is 3. The third-order valence-electron chi connectivity index (χ3n) is 15.7. The molecule has 0 aromatic heterocycles. The Morgan fingerprint density at radius 1 is 0.259 bits per heavy atom. The Labute approximate surface area is 503 Å². The maximum absolute atomic E-state index is 12.9. The van der Waals surface area contributed by atoms with Crippen LogP contribution in [0.15, 0.2) is 72.9 Å². The molecule has 0 aliphatic carbocycles. The molecule has 0 fully saturated rings. The first kappa shape index (κ1) is 77.9. The molecule has 0 saturated heterocycles. The van der Waals surface area contributed by atoms with Gasteiger partial charge in [-0.15, -0.1) is 0 Å². The summed E-state index contributed by atoms with van der Waals surface area (Å²) in [5, 5.41) is 0. The lowest BCUT2D eigenvalue weighted by Crippen LogP contribution is -2.30. The van der Waals surface area contributed by atoms with Crippen molar-refractivity contribution in [2.45, 2.75) is 374 Å². The first-order chi connectivity index (χ1) is 40.0. The number of allylic oxidation sites excluding steroid dienone is 12. The first-order valence-electron chi connectivity index (χ1n) is 35.4. The van der Waals surface area contributed by atoms with E-state index in [1.807, 2.05) is 0 Å². The molecule has 6 nitrogen and oxygen atoms in total. The number of ether oxygens (including phenoxy) is 3. The molecule has 0 N–H and O–H groups in total. The highest BCUT2D eigenvalue weighted by Crippen LogP contribution is 2.18. The van der Waals surface area contributed by atoms with E-state index in [2.05, 4.69) is 93.7 Å². The van der Waals surface area contributed by atoms with Crippen LogP contribution in [0.25, 0.3) is 0 Å². The molecule has 0 radical (unpaired) electrons. The summed E-state index contributed by atoms with van der Waals surface area (Å²) in [4.78, 5) is 38.0. The van der Waals surface area contributed by atoms with Crippen LogP contribution < -0.4 is 0 Å². The quantitative estimate of drug-likeness (QED) is 0.0261. The summed E-state index contributed by atoms with van der Waals surface area (Å²) >= 11 is 0. The number of carbonyl (C=O) groups is 3. The summed E-state index contributed by atoms with van der Waals surface area (Å²) in [5.74, 6) is -0.865. The SMILES string of the molecule is CC/C=C\C/C=C\C/C=C\C/C=C\CCCCCCCCCCCCCCCCCCC(=O)OCC(COC(=O)CCCCCCC)OC(=O)CCCCCCCCCCCCCCCCCCC/C=C\C/C=C\CCCCCCC. The van der Waals surface area contributed by atoms with Gasteiger partial charge in [-0.3, -0.25) is 14.4 Å². The van der Waals surface area contributed by atoms with Gasteiger partial charge in [0.1, 0.15) is 13.2 Å². The number of unbranched alkanes of at least 4 members (excludes halogenated alkanes) is 42. The van der Waals surface area contributed by atoms with Crippen molar-refractivity contribution in [3.8, 4) is 0 Å². The van der Waals surface area contributed by atoms with Crippen molar-refractivity contribution >= 4 is 17.9 Å². The highest BCUT2D eigenvalue weighted by molar-refractivity contribution is 5.71. The van der Waals surface area contributed by atoms with Gasteiger partial charge in [0.15, 0.2) is 6.10 Å². The van der Waals surface area contributed by atoms with Gasteiger partial charge in [-0.25, -0.2) is 0 Å². The van der Waals surface area contributed by atoms with Gasteiger partial charge in [0.05, 0.1) is 0 Å². The molecule has 0 rings (SSSR count). The van der Waals surface area contributed by atoms with Crippen LogP contribution in [0.2, 0.25) is 0 Å². The molecule has 6 heteroatoms. The molecule has 0 aliphatic rings. The normalized spacial score (nSPS) is 12.5. The number of rotatable bonds is 65. The van der Waals surface area contributed by atoms with Crippen LogP contribution in [-0.4, -0.2) is 37.2 Å². The van der Waals surface area contributed by atoms with Crippen molar-refractivity contribution in [3.63, 3.8) is 0 Å². The lowest BCUT2D eigenvalue weighted by Gasteiger charge is -2.18. The predicted octanol–water partition coefficient (Wildman–Crippen LogP) is 24.4. The number of hydrogen-bond donors (Lipinski definition) is 0. The van der Waals surface area contributed by atoms with Crippen molar-refractivity contribution < 1.29 is 28.6 Å². The maximum Gasteiger partial charge on any atom is 0.306 e. The molecule has 0 spiro atoms. The molecule has 0 amide bonds. The third kappa shape index (κ3) is 67.5. The molecule has 0 aromatic carbocycles. The molecule has 470 valence electrons. The fourth-order valence-corrected chi connectivity index (χ4v) is 10.4. The van der Waals surface area contributed by atoms with Crippen molar-refractivity contribution in [2.75, 3.05) is 13.2 Å². The minimum absolute atomic E-state index is 0.0707. The number of hydrogen-bond acceptors (Lipinski definition) is 6. The van der Waals surface area contributed by atoms with Gasteiger partial charge in [0, 0.05) is 19.3 Å². The molecule has 1 unspecified atom stereocenters.